The summed E-state index contributed by atoms with van der Waals surface area (Å²) < 4.78 is 39.9. The zero-order chi connectivity index (χ0) is 22.5. The third-order valence-electron chi connectivity index (χ3n) is 4.26. The van der Waals surface area contributed by atoms with Gasteiger partial charge in [0, 0.05) is 7.05 Å². The van der Waals surface area contributed by atoms with E-state index in [0.29, 0.717) is 22.9 Å². The molecule has 0 unspecified atom stereocenters. The Labute approximate surface area is 175 Å². The first-order chi connectivity index (χ1) is 14.1. The Morgan fingerprint density at radius 2 is 1.70 bits per heavy atom. The van der Waals surface area contributed by atoms with Gasteiger partial charge in [-0.15, -0.1) is 0 Å². The normalized spacial score (nSPS) is 11.9. The SMILES string of the molecule is COC(=O)c1ccc(OC)c(NC(=O)[C@@H](C)Oc2ccc(N(C)S(C)(=O)=O)cc2)c1. The average Bonchev–Trinajstić information content (AvgIpc) is 2.72. The molecule has 1 N–H and O–H groups in total. The Hall–Kier alpha value is -3.27. The third-order valence-corrected chi connectivity index (χ3v) is 5.46. The number of sulfonamides is 1. The van der Waals surface area contributed by atoms with Crippen molar-refractivity contribution in [3.8, 4) is 11.5 Å². The van der Waals surface area contributed by atoms with Gasteiger partial charge < -0.3 is 19.5 Å². The van der Waals surface area contributed by atoms with Crippen LogP contribution in [0.3, 0.4) is 0 Å². The van der Waals surface area contributed by atoms with Gasteiger partial charge in [0.15, 0.2) is 6.10 Å². The van der Waals surface area contributed by atoms with E-state index in [9.17, 15) is 18.0 Å². The molecule has 0 fully saturated rings. The van der Waals surface area contributed by atoms with Crippen molar-refractivity contribution in [3.63, 3.8) is 0 Å². The van der Waals surface area contributed by atoms with Crippen molar-refractivity contribution in [1.29, 1.82) is 0 Å². The van der Waals surface area contributed by atoms with Gasteiger partial charge in [0.25, 0.3) is 5.91 Å². The lowest BCUT2D eigenvalue weighted by Gasteiger charge is -2.19. The molecule has 2 rings (SSSR count). The van der Waals surface area contributed by atoms with Gasteiger partial charge in [-0.2, -0.15) is 0 Å². The van der Waals surface area contributed by atoms with E-state index >= 15 is 0 Å². The number of carbonyl (C=O) groups is 2. The average molecular weight is 436 g/mol. The molecule has 0 heterocycles. The first kappa shape index (κ1) is 23.0. The number of hydrogen-bond donors (Lipinski definition) is 1. The van der Waals surface area contributed by atoms with Gasteiger partial charge in [-0.05, 0) is 49.4 Å². The Kier molecular flexibility index (Phi) is 7.28. The van der Waals surface area contributed by atoms with Crippen molar-refractivity contribution in [2.45, 2.75) is 13.0 Å². The number of hydrogen-bond acceptors (Lipinski definition) is 7. The van der Waals surface area contributed by atoms with E-state index in [1.165, 1.54) is 33.4 Å². The monoisotopic (exact) mass is 436 g/mol. The topological polar surface area (TPSA) is 111 Å². The molecule has 2 aromatic rings. The van der Waals surface area contributed by atoms with Crippen LogP contribution in [0.1, 0.15) is 17.3 Å². The number of amides is 1. The number of nitrogens with one attached hydrogen (secondary N) is 1. The lowest BCUT2D eigenvalue weighted by Crippen LogP contribution is -2.30. The predicted molar refractivity (Wildman–Crippen MR) is 113 cm³/mol. The van der Waals surface area contributed by atoms with Crippen molar-refractivity contribution in [2.75, 3.05) is 37.1 Å². The number of esters is 1. The number of rotatable bonds is 8. The third kappa shape index (κ3) is 5.63. The van der Waals surface area contributed by atoms with Crippen molar-refractivity contribution in [1.82, 2.24) is 0 Å². The highest BCUT2D eigenvalue weighted by molar-refractivity contribution is 7.92. The van der Waals surface area contributed by atoms with E-state index in [2.05, 4.69) is 10.1 Å². The number of ether oxygens (including phenoxy) is 3. The minimum absolute atomic E-state index is 0.257. The zero-order valence-corrected chi connectivity index (χ0v) is 18.1. The Morgan fingerprint density at radius 1 is 1.07 bits per heavy atom. The Bertz CT molecular complexity index is 1020. The summed E-state index contributed by atoms with van der Waals surface area (Å²) in [6, 6.07) is 10.8. The Morgan fingerprint density at radius 3 is 2.23 bits per heavy atom. The van der Waals surface area contributed by atoms with Crippen LogP contribution in [-0.2, 0) is 19.6 Å². The highest BCUT2D eigenvalue weighted by Crippen LogP contribution is 2.27. The van der Waals surface area contributed by atoms with Gasteiger partial charge in [0.1, 0.15) is 11.5 Å². The van der Waals surface area contributed by atoms with Crippen LogP contribution in [0.15, 0.2) is 42.5 Å². The fourth-order valence-corrected chi connectivity index (χ4v) is 2.97. The maximum atomic E-state index is 12.5. The predicted octanol–water partition coefficient (Wildman–Crippen LogP) is 2.28. The number of methoxy groups -OCH3 is 2. The molecule has 0 aliphatic heterocycles. The van der Waals surface area contributed by atoms with Crippen LogP contribution in [0, 0.1) is 0 Å². The zero-order valence-electron chi connectivity index (χ0n) is 17.3. The van der Waals surface area contributed by atoms with Gasteiger partial charge in [0.2, 0.25) is 10.0 Å². The molecule has 0 aliphatic rings. The van der Waals surface area contributed by atoms with Crippen LogP contribution >= 0.6 is 0 Å². The highest BCUT2D eigenvalue weighted by Gasteiger charge is 2.19. The summed E-state index contributed by atoms with van der Waals surface area (Å²) in [4.78, 5) is 24.3. The van der Waals surface area contributed by atoms with E-state index in [1.54, 1.807) is 37.3 Å². The maximum Gasteiger partial charge on any atom is 0.337 e. The van der Waals surface area contributed by atoms with Crippen LogP contribution in [0.2, 0.25) is 0 Å². The molecule has 0 spiro atoms. The van der Waals surface area contributed by atoms with E-state index < -0.39 is 28.0 Å². The second-order valence-corrected chi connectivity index (χ2v) is 8.39. The quantitative estimate of drug-likeness (QED) is 0.632. The molecule has 30 heavy (non-hydrogen) atoms. The van der Waals surface area contributed by atoms with Crippen LogP contribution in [-0.4, -0.2) is 53.9 Å². The molecule has 1 atom stereocenters. The summed E-state index contributed by atoms with van der Waals surface area (Å²) in [5.74, 6) is -0.251. The second kappa shape index (κ2) is 9.49. The van der Waals surface area contributed by atoms with Gasteiger partial charge in [-0.25, -0.2) is 13.2 Å². The van der Waals surface area contributed by atoms with E-state index in [4.69, 9.17) is 9.47 Å². The molecule has 0 radical (unpaired) electrons. The fraction of sp³-hybridized carbons (Fsp3) is 0.300. The van der Waals surface area contributed by atoms with E-state index in [1.807, 2.05) is 0 Å². The first-order valence-corrected chi connectivity index (χ1v) is 10.7. The molecule has 2 aromatic carbocycles. The lowest BCUT2D eigenvalue weighted by molar-refractivity contribution is -0.122. The molecule has 0 aromatic heterocycles. The van der Waals surface area contributed by atoms with Crippen molar-refractivity contribution in [3.05, 3.63) is 48.0 Å². The molecule has 1 amide bonds. The minimum atomic E-state index is -3.37. The number of nitrogens with zero attached hydrogens (tertiary/aromatic N) is 1. The summed E-state index contributed by atoms with van der Waals surface area (Å²) in [5.41, 5.74) is 1.02. The standard InChI is InChI=1S/C20H24N2O7S/c1-13(29-16-9-7-15(8-10-16)22(2)30(5,25)26)19(23)21-17-12-14(20(24)28-4)6-11-18(17)27-3/h6-13H,1-5H3,(H,21,23)/t13-/m1/s1. The molecule has 9 nitrogen and oxygen atoms in total. The van der Waals surface area contributed by atoms with Crippen molar-refractivity contribution >= 4 is 33.3 Å². The smallest absolute Gasteiger partial charge is 0.337 e. The molecular formula is C20H24N2O7S. The summed E-state index contributed by atoms with van der Waals surface area (Å²) in [6.45, 7) is 1.56. The Balaban J connectivity index is 2.10. The van der Waals surface area contributed by atoms with E-state index in [0.717, 1.165) is 10.6 Å². The van der Waals surface area contributed by atoms with Crippen molar-refractivity contribution in [2.24, 2.45) is 0 Å². The number of anilines is 2. The molecule has 0 bridgehead atoms. The first-order valence-electron chi connectivity index (χ1n) is 8.84. The van der Waals surface area contributed by atoms with Gasteiger partial charge in [-0.1, -0.05) is 0 Å². The van der Waals surface area contributed by atoms with Gasteiger partial charge >= 0.3 is 5.97 Å². The second-order valence-electron chi connectivity index (χ2n) is 6.38. The maximum absolute atomic E-state index is 12.5. The highest BCUT2D eigenvalue weighted by atomic mass is 32.2. The van der Waals surface area contributed by atoms with Crippen LogP contribution in [0.4, 0.5) is 11.4 Å². The van der Waals surface area contributed by atoms with Gasteiger partial charge in [-0.3, -0.25) is 9.10 Å². The minimum Gasteiger partial charge on any atom is -0.495 e. The van der Waals surface area contributed by atoms with Crippen LogP contribution in [0.25, 0.3) is 0 Å². The summed E-state index contributed by atoms with van der Waals surface area (Å²) in [5, 5.41) is 2.67. The summed E-state index contributed by atoms with van der Waals surface area (Å²) in [6.07, 6.45) is 0.225. The summed E-state index contributed by atoms with van der Waals surface area (Å²) in [7, 11) is 0.773. The molecule has 0 saturated heterocycles. The fourth-order valence-electron chi connectivity index (χ4n) is 2.47. The lowest BCUT2D eigenvalue weighted by atomic mass is 10.2. The summed E-state index contributed by atoms with van der Waals surface area (Å²) >= 11 is 0. The van der Waals surface area contributed by atoms with E-state index in [-0.39, 0.29) is 5.56 Å². The molecule has 162 valence electrons. The number of benzene rings is 2. The van der Waals surface area contributed by atoms with Crippen LogP contribution < -0.4 is 19.1 Å². The van der Waals surface area contributed by atoms with Gasteiger partial charge in [0.05, 0.1) is 37.4 Å². The largest absolute Gasteiger partial charge is 0.495 e. The number of carbonyl (C=O) groups excluding carboxylic acids is 2. The molecule has 10 heteroatoms. The van der Waals surface area contributed by atoms with Crippen molar-refractivity contribution < 1.29 is 32.2 Å². The van der Waals surface area contributed by atoms with Crippen LogP contribution in [0.5, 0.6) is 11.5 Å². The molecule has 0 aliphatic carbocycles. The molecule has 0 saturated carbocycles. The molecular weight excluding hydrogens is 412 g/mol.